The standard InChI is InChI=1S/2C32H56N2/c2*1-2-5-10-14-18-23-34-26-29-19-15-11-7-4-6-9-13-17-22-33-24-21-32(31(25-29)28-34)30(27-33)20-16-12-8-3-1/h2,4-6,29-32H,1,3,7-28H2;1,3-4,6,29-32H,2,5,7-28H2/b5-2-,6-4-;3-1-,6-4-/t2*29-,30-,31-,32-/m11/s1. The highest BCUT2D eigenvalue weighted by Gasteiger charge is 2.40. The highest BCUT2D eigenvalue weighted by Crippen LogP contribution is 2.42. The molecule has 4 unspecified atom stereocenters. The Labute approximate surface area is 423 Å². The van der Waals surface area contributed by atoms with Gasteiger partial charge in [0.2, 0.25) is 0 Å². The third kappa shape index (κ3) is 20.7. The smallest absolute Gasteiger partial charge is 0.00127 e. The van der Waals surface area contributed by atoms with Crippen molar-refractivity contribution in [2.45, 2.75) is 231 Å². The fourth-order valence-electron chi connectivity index (χ4n) is 15.4. The number of piperidine rings is 4. The fourth-order valence-corrected chi connectivity index (χ4v) is 15.4. The average Bonchev–Trinajstić information content (AvgIpc) is 3.36. The van der Waals surface area contributed by atoms with Gasteiger partial charge in [0.05, 0.1) is 0 Å². The van der Waals surface area contributed by atoms with Gasteiger partial charge in [0.25, 0.3) is 0 Å². The molecule has 68 heavy (non-hydrogen) atoms. The quantitative estimate of drug-likeness (QED) is 0.224. The molecule has 0 aromatic rings. The maximum Gasteiger partial charge on any atom is 0.00127 e. The molecule has 12 bridgehead atoms. The summed E-state index contributed by atoms with van der Waals surface area (Å²) >= 11 is 0. The Morgan fingerprint density at radius 1 is 0.221 bits per heavy atom. The van der Waals surface area contributed by atoms with Gasteiger partial charge in [0, 0.05) is 39.3 Å². The molecule has 12 atom stereocenters. The number of allylic oxidation sites excluding steroid dienone is 8. The number of rotatable bonds is 0. The summed E-state index contributed by atoms with van der Waals surface area (Å²) in [4.78, 5) is 11.6. The summed E-state index contributed by atoms with van der Waals surface area (Å²) < 4.78 is 0. The van der Waals surface area contributed by atoms with Gasteiger partial charge in [-0.2, -0.15) is 0 Å². The first-order valence-electron chi connectivity index (χ1n) is 31.3. The molecule has 0 radical (unpaired) electrons. The van der Waals surface area contributed by atoms with Crippen LogP contribution in [0, 0.1) is 47.3 Å². The second-order valence-corrected chi connectivity index (χ2v) is 24.7. The Balaban J connectivity index is 0.000000201. The Morgan fingerprint density at radius 3 is 0.941 bits per heavy atom. The zero-order valence-corrected chi connectivity index (χ0v) is 45.0. The summed E-state index contributed by atoms with van der Waals surface area (Å²) in [5.41, 5.74) is 0. The lowest BCUT2D eigenvalue weighted by Crippen LogP contribution is -2.49. The molecule has 0 aromatic heterocycles. The van der Waals surface area contributed by atoms with Crippen molar-refractivity contribution in [3.63, 3.8) is 0 Å². The molecule has 0 aliphatic carbocycles. The summed E-state index contributed by atoms with van der Waals surface area (Å²) in [6.45, 7) is 16.6. The maximum absolute atomic E-state index is 2.94. The molecule has 0 saturated carbocycles. The zero-order valence-electron chi connectivity index (χ0n) is 45.0. The van der Waals surface area contributed by atoms with Crippen molar-refractivity contribution >= 4 is 0 Å². The van der Waals surface area contributed by atoms with E-state index in [0.717, 1.165) is 47.3 Å². The fraction of sp³-hybridized carbons (Fsp3) is 0.875. The summed E-state index contributed by atoms with van der Waals surface area (Å²) in [5, 5.41) is 0. The van der Waals surface area contributed by atoms with E-state index < -0.39 is 0 Å². The van der Waals surface area contributed by atoms with Gasteiger partial charge in [-0.1, -0.05) is 100.0 Å². The van der Waals surface area contributed by atoms with E-state index in [1.165, 1.54) is 310 Å². The van der Waals surface area contributed by atoms with Crippen molar-refractivity contribution < 1.29 is 0 Å². The Morgan fingerprint density at radius 2 is 0.515 bits per heavy atom. The first-order valence-corrected chi connectivity index (χ1v) is 31.3. The Bertz CT molecular complexity index is 1390. The lowest BCUT2D eigenvalue weighted by atomic mass is 9.69. The van der Waals surface area contributed by atoms with Crippen molar-refractivity contribution in [3.05, 3.63) is 48.6 Å². The van der Waals surface area contributed by atoms with Gasteiger partial charge in [-0.25, -0.2) is 0 Å². The molecule has 0 amide bonds. The zero-order chi connectivity index (χ0) is 46.5. The molecule has 10 heterocycles. The SMILES string of the molecule is C1=C\CCCCN2C[C@@H]3CCCC/C=C\CCCCN4CC[C@H]([C@H](CCCCCC/1)C4)[C@H](C3)C2.C1=C\CCCC[C@@H]2CN3CCCC/C=C\CCCC[C@@H]4C[C@H](CN(CCCCCC/1)C4)[C@@H]2CC3. The molecular weight excluding hydrogens is 825 g/mol. The van der Waals surface area contributed by atoms with E-state index in [1.807, 2.05) is 0 Å². The van der Waals surface area contributed by atoms with Gasteiger partial charge < -0.3 is 19.6 Å². The second-order valence-electron chi connectivity index (χ2n) is 24.7. The first kappa shape index (κ1) is 54.6. The van der Waals surface area contributed by atoms with Gasteiger partial charge in [0.15, 0.2) is 0 Å². The van der Waals surface area contributed by atoms with E-state index in [4.69, 9.17) is 0 Å². The van der Waals surface area contributed by atoms with Gasteiger partial charge in [-0.05, 0) is 266 Å². The predicted molar refractivity (Wildman–Crippen MR) is 296 cm³/mol. The van der Waals surface area contributed by atoms with Crippen LogP contribution < -0.4 is 0 Å². The predicted octanol–water partition coefficient (Wildman–Crippen LogP) is 16.5. The van der Waals surface area contributed by atoms with Crippen LogP contribution in [-0.2, 0) is 0 Å². The van der Waals surface area contributed by atoms with Crippen LogP contribution in [0.15, 0.2) is 48.6 Å². The third-order valence-corrected chi connectivity index (χ3v) is 19.2. The third-order valence-electron chi connectivity index (χ3n) is 19.2. The lowest BCUT2D eigenvalue weighted by molar-refractivity contribution is 0.0185. The van der Waals surface area contributed by atoms with Crippen LogP contribution in [-0.4, -0.2) is 98.1 Å². The van der Waals surface area contributed by atoms with E-state index in [-0.39, 0.29) is 0 Å². The Kier molecular flexibility index (Phi) is 26.9. The molecule has 4 heteroatoms. The molecule has 4 nitrogen and oxygen atoms in total. The highest BCUT2D eigenvalue weighted by atomic mass is 15.2. The van der Waals surface area contributed by atoms with E-state index in [1.54, 1.807) is 0 Å². The summed E-state index contributed by atoms with van der Waals surface area (Å²) in [6.07, 6.45) is 70.7. The monoisotopic (exact) mass is 937 g/mol. The summed E-state index contributed by atoms with van der Waals surface area (Å²) in [7, 11) is 0. The lowest BCUT2D eigenvalue weighted by Gasteiger charge is -2.47. The second kappa shape index (κ2) is 33.5. The van der Waals surface area contributed by atoms with E-state index in [0.29, 0.717) is 0 Å². The van der Waals surface area contributed by atoms with Crippen molar-refractivity contribution in [3.8, 4) is 0 Å². The molecule has 10 rings (SSSR count). The molecule has 0 aromatic carbocycles. The van der Waals surface area contributed by atoms with Crippen LogP contribution in [0.2, 0.25) is 0 Å². The molecule has 4 fully saturated rings. The highest BCUT2D eigenvalue weighted by molar-refractivity contribution is 4.94. The molecule has 10 aliphatic heterocycles. The molecule has 0 N–H and O–H groups in total. The average molecular weight is 938 g/mol. The van der Waals surface area contributed by atoms with Gasteiger partial charge in [-0.3, -0.25) is 0 Å². The largest absolute Gasteiger partial charge is 0.303 e. The van der Waals surface area contributed by atoms with Gasteiger partial charge in [0.1, 0.15) is 0 Å². The molecule has 0 spiro atoms. The molecular formula is C64H112N4. The molecule has 10 aliphatic rings. The number of fused-ring (bicyclic) bond motifs is 20. The minimum absolute atomic E-state index is 0.953. The van der Waals surface area contributed by atoms with Crippen LogP contribution in [0.5, 0.6) is 0 Å². The van der Waals surface area contributed by atoms with Crippen molar-refractivity contribution in [1.82, 2.24) is 19.6 Å². The maximum atomic E-state index is 2.94. The molecule has 4 saturated heterocycles. The van der Waals surface area contributed by atoms with E-state index in [9.17, 15) is 0 Å². The van der Waals surface area contributed by atoms with E-state index >= 15 is 0 Å². The van der Waals surface area contributed by atoms with Crippen LogP contribution in [0.3, 0.4) is 0 Å². The van der Waals surface area contributed by atoms with Crippen molar-refractivity contribution in [2.24, 2.45) is 47.3 Å². The van der Waals surface area contributed by atoms with E-state index in [2.05, 4.69) is 68.2 Å². The van der Waals surface area contributed by atoms with Crippen molar-refractivity contribution in [1.29, 1.82) is 0 Å². The normalized spacial score (nSPS) is 39.8. The minimum Gasteiger partial charge on any atom is -0.303 e. The van der Waals surface area contributed by atoms with Crippen LogP contribution in [0.1, 0.15) is 231 Å². The number of nitrogens with zero attached hydrogens (tertiary/aromatic N) is 4. The van der Waals surface area contributed by atoms with Crippen LogP contribution >= 0.6 is 0 Å². The summed E-state index contributed by atoms with van der Waals surface area (Å²) in [5.74, 6) is 7.76. The minimum atomic E-state index is 0.953. The number of hydrogen-bond acceptors (Lipinski definition) is 4. The summed E-state index contributed by atoms with van der Waals surface area (Å²) in [6, 6.07) is 0. The van der Waals surface area contributed by atoms with Crippen LogP contribution in [0.4, 0.5) is 0 Å². The van der Waals surface area contributed by atoms with Crippen LogP contribution in [0.25, 0.3) is 0 Å². The topological polar surface area (TPSA) is 13.0 Å². The first-order chi connectivity index (χ1) is 33.8. The number of hydrogen-bond donors (Lipinski definition) is 0. The molecule has 388 valence electrons. The Hall–Kier alpha value is -1.20. The van der Waals surface area contributed by atoms with Gasteiger partial charge in [-0.15, -0.1) is 0 Å². The van der Waals surface area contributed by atoms with Gasteiger partial charge >= 0.3 is 0 Å². The van der Waals surface area contributed by atoms with Crippen molar-refractivity contribution in [2.75, 3.05) is 78.5 Å².